The second-order valence-electron chi connectivity index (χ2n) is 1.67. The fraction of sp³-hybridized carbons (Fsp3) is 1.00. The predicted octanol–water partition coefficient (Wildman–Crippen LogP) is 1.46. The largest absolute Gasteiger partial charge is 0.0951 e. The molecule has 0 aromatic rings. The number of rotatable bonds is 0. The second-order valence-corrected chi connectivity index (χ2v) is 7.10. The molecule has 0 spiro atoms. The smallest absolute Gasteiger partial charge is 0.00900 e. The van der Waals surface area contributed by atoms with Gasteiger partial charge in [0.1, 0.15) is 0 Å². The van der Waals surface area contributed by atoms with Crippen LogP contribution in [0.4, 0.5) is 0 Å². The molecule has 0 amide bonds. The van der Waals surface area contributed by atoms with E-state index in [4.69, 9.17) is 0 Å². The van der Waals surface area contributed by atoms with E-state index in [2.05, 4.69) is 0 Å². The maximum absolute atomic E-state index is 1.66. The molecule has 0 aromatic heterocycles. The van der Waals surface area contributed by atoms with Crippen LogP contribution in [0, 0.1) is 0 Å². The van der Waals surface area contributed by atoms with Crippen molar-refractivity contribution in [1.82, 2.24) is 0 Å². The third-order valence-electron chi connectivity index (χ3n) is 1.24. The minimum Gasteiger partial charge on any atom is -0.0951 e. The normalized spacial score (nSPS) is 62.4. The van der Waals surface area contributed by atoms with E-state index in [-0.39, 0.29) is 0 Å². The first kappa shape index (κ1) is 2.94. The van der Waals surface area contributed by atoms with Gasteiger partial charge in [0.25, 0.3) is 0 Å². The molecule has 2 heteroatoms. The number of hydrogen-bond acceptors (Lipinski definition) is 0. The van der Waals surface area contributed by atoms with Gasteiger partial charge in [-0.2, -0.15) is 0 Å². The predicted molar refractivity (Wildman–Crippen MR) is 28.8 cm³/mol. The summed E-state index contributed by atoms with van der Waals surface area (Å²) >= 11 is 0. The summed E-state index contributed by atoms with van der Waals surface area (Å²) in [5.41, 5.74) is 1.31. The average molecular weight is 104 g/mol. The van der Waals surface area contributed by atoms with E-state index in [0.717, 1.165) is 7.61 Å². The summed E-state index contributed by atoms with van der Waals surface area (Å²) < 4.78 is 0. The van der Waals surface area contributed by atoms with Gasteiger partial charge in [-0.3, -0.25) is 0 Å². The summed E-state index contributed by atoms with van der Waals surface area (Å²) in [7, 11) is 2.21. The van der Waals surface area contributed by atoms with Gasteiger partial charge in [-0.25, -0.2) is 0 Å². The van der Waals surface area contributed by atoms with Gasteiger partial charge in [0, 0.05) is 0 Å². The van der Waals surface area contributed by atoms with Crippen molar-refractivity contribution in [2.75, 3.05) is 12.3 Å². The van der Waals surface area contributed by atoms with Gasteiger partial charge in [-0.15, -0.1) is 0 Å². The van der Waals surface area contributed by atoms with Crippen molar-refractivity contribution in [1.29, 1.82) is 0 Å². The van der Waals surface area contributed by atoms with Crippen LogP contribution in [0.5, 0.6) is 0 Å². The fourth-order valence-electron chi connectivity index (χ4n) is 0.658. The lowest BCUT2D eigenvalue weighted by Gasteiger charge is -2.05. The first-order chi connectivity index (χ1) is 2.47. The molecule has 5 heavy (non-hydrogen) atoms. The summed E-state index contributed by atoms with van der Waals surface area (Å²) in [5.74, 6) is 0. The highest BCUT2D eigenvalue weighted by Crippen LogP contribution is 2.83. The SMILES string of the molecule is C1PP2CC12. The summed E-state index contributed by atoms with van der Waals surface area (Å²) in [4.78, 5) is 0. The Morgan fingerprint density at radius 3 is 2.60 bits per heavy atom. The van der Waals surface area contributed by atoms with Crippen LogP contribution in [0.3, 0.4) is 0 Å². The van der Waals surface area contributed by atoms with Crippen molar-refractivity contribution in [2.45, 2.75) is 5.66 Å². The Bertz CT molecular complexity index is 49.9. The zero-order chi connectivity index (χ0) is 3.28. The Labute approximate surface area is 34.8 Å². The Morgan fingerprint density at radius 2 is 2.60 bits per heavy atom. The van der Waals surface area contributed by atoms with Gasteiger partial charge in [0.05, 0.1) is 0 Å². The molecular weight excluding hydrogens is 98.0 g/mol. The van der Waals surface area contributed by atoms with Crippen molar-refractivity contribution in [3.63, 3.8) is 0 Å². The zero-order valence-corrected chi connectivity index (χ0v) is 4.83. The van der Waals surface area contributed by atoms with Crippen LogP contribution in [0.15, 0.2) is 0 Å². The molecule has 0 nitrogen and oxygen atoms in total. The molecule has 3 atom stereocenters. The number of hydrogen-bond donors (Lipinski definition) is 0. The summed E-state index contributed by atoms with van der Waals surface area (Å²) in [6, 6.07) is 0. The van der Waals surface area contributed by atoms with Crippen LogP contribution < -0.4 is 0 Å². The molecule has 0 radical (unpaired) electrons. The summed E-state index contributed by atoms with van der Waals surface area (Å²) in [6.45, 7) is 0. The van der Waals surface area contributed by atoms with Crippen LogP contribution in [0.25, 0.3) is 0 Å². The maximum atomic E-state index is 1.66. The molecule has 0 aromatic carbocycles. The van der Waals surface area contributed by atoms with Crippen molar-refractivity contribution in [3.05, 3.63) is 0 Å². The molecule has 2 heterocycles. The summed E-state index contributed by atoms with van der Waals surface area (Å²) in [5, 5.41) is 0. The van der Waals surface area contributed by atoms with Crippen LogP contribution in [0.2, 0.25) is 0 Å². The molecule has 0 bridgehead atoms. The summed E-state index contributed by atoms with van der Waals surface area (Å²) in [6.07, 6.45) is 3.28. The quantitative estimate of drug-likeness (QED) is 0.408. The monoisotopic (exact) mass is 104 g/mol. The first-order valence-corrected chi connectivity index (χ1v) is 5.61. The molecule has 2 rings (SSSR count). The van der Waals surface area contributed by atoms with E-state index in [1.807, 2.05) is 0 Å². The minimum atomic E-state index is 0.777. The van der Waals surface area contributed by atoms with Gasteiger partial charge in [-0.1, -0.05) is 15.9 Å². The molecular formula is C3H6P2. The lowest BCUT2D eigenvalue weighted by atomic mass is 10.6. The van der Waals surface area contributed by atoms with Crippen molar-refractivity contribution < 1.29 is 0 Å². The average Bonchev–Trinajstić information content (AvgIpc) is 1.74. The molecule has 2 fully saturated rings. The molecule has 2 aliphatic heterocycles. The van der Waals surface area contributed by atoms with Gasteiger partial charge < -0.3 is 0 Å². The van der Waals surface area contributed by atoms with Crippen LogP contribution in [0.1, 0.15) is 0 Å². The van der Waals surface area contributed by atoms with Crippen molar-refractivity contribution >= 4 is 15.9 Å². The third kappa shape index (κ3) is 0.283. The highest BCUT2D eigenvalue weighted by Gasteiger charge is 2.44. The van der Waals surface area contributed by atoms with Crippen LogP contribution in [-0.4, -0.2) is 18.0 Å². The minimum absolute atomic E-state index is 0.777. The Kier molecular flexibility index (Phi) is 0.438. The Morgan fingerprint density at radius 1 is 1.80 bits per heavy atom. The van der Waals surface area contributed by atoms with Crippen molar-refractivity contribution in [3.8, 4) is 0 Å². The lowest BCUT2D eigenvalue weighted by molar-refractivity contribution is 1.26. The molecule has 2 aliphatic rings. The van der Waals surface area contributed by atoms with E-state index < -0.39 is 0 Å². The van der Waals surface area contributed by atoms with Gasteiger partial charge >= 0.3 is 0 Å². The van der Waals surface area contributed by atoms with E-state index in [1.54, 1.807) is 12.3 Å². The molecule has 2 saturated heterocycles. The van der Waals surface area contributed by atoms with Crippen LogP contribution >= 0.6 is 15.9 Å². The highest BCUT2D eigenvalue weighted by atomic mass is 32.1. The number of fused-ring (bicyclic) bond motifs is 1. The van der Waals surface area contributed by atoms with Gasteiger partial charge in [0.15, 0.2) is 0 Å². The maximum Gasteiger partial charge on any atom is -0.00900 e. The van der Waals surface area contributed by atoms with Crippen LogP contribution in [-0.2, 0) is 0 Å². The second kappa shape index (κ2) is 0.745. The molecule has 28 valence electrons. The fourth-order valence-corrected chi connectivity index (χ4v) is 6.21. The standard InChI is InChI=1S/C3H6P2/c1-3-2-5(3)4-1/h3-4H,1-2H2. The molecule has 0 N–H and O–H groups in total. The van der Waals surface area contributed by atoms with Gasteiger partial charge in [0.2, 0.25) is 0 Å². The molecule has 0 aliphatic carbocycles. The topological polar surface area (TPSA) is 0 Å². The van der Waals surface area contributed by atoms with E-state index in [1.165, 1.54) is 13.9 Å². The van der Waals surface area contributed by atoms with E-state index in [0.29, 0.717) is 0 Å². The van der Waals surface area contributed by atoms with E-state index >= 15 is 0 Å². The molecule has 3 unspecified atom stereocenters. The van der Waals surface area contributed by atoms with Crippen molar-refractivity contribution in [2.24, 2.45) is 0 Å². The van der Waals surface area contributed by atoms with Gasteiger partial charge in [-0.05, 0) is 18.0 Å². The lowest BCUT2D eigenvalue weighted by Crippen LogP contribution is -1.86. The highest BCUT2D eigenvalue weighted by molar-refractivity contribution is 8.29. The van der Waals surface area contributed by atoms with E-state index in [9.17, 15) is 0 Å². The first-order valence-electron chi connectivity index (χ1n) is 1.97. The third-order valence-corrected chi connectivity index (χ3v) is 7.69. The zero-order valence-electron chi connectivity index (χ0n) is 2.94. The Balaban J connectivity index is 2.19. The molecule has 0 saturated carbocycles. The Hall–Kier alpha value is 0.860.